The lowest BCUT2D eigenvalue weighted by Crippen LogP contribution is -2.43. The zero-order valence-electron chi connectivity index (χ0n) is 13.0. The lowest BCUT2D eigenvalue weighted by atomic mass is 9.89. The molecule has 0 amide bonds. The van der Waals surface area contributed by atoms with E-state index in [1.165, 1.54) is 44.9 Å². The quantitative estimate of drug-likeness (QED) is 0.928. The van der Waals surface area contributed by atoms with Crippen molar-refractivity contribution < 1.29 is 0 Å². The second kappa shape index (κ2) is 5.88. The Labute approximate surface area is 130 Å². The van der Waals surface area contributed by atoms with Crippen molar-refractivity contribution >= 4 is 5.78 Å². The molecular weight excluding hydrogens is 276 g/mol. The van der Waals surface area contributed by atoms with Gasteiger partial charge in [0.25, 0.3) is 5.56 Å². The van der Waals surface area contributed by atoms with Gasteiger partial charge in [0.15, 0.2) is 0 Å². The maximum absolute atomic E-state index is 12.3. The first-order valence-electron chi connectivity index (χ1n) is 8.65. The van der Waals surface area contributed by atoms with Gasteiger partial charge in [-0.05, 0) is 32.2 Å². The molecule has 0 spiro atoms. The topological polar surface area (TPSA) is 53.4 Å². The highest BCUT2D eigenvalue weighted by Crippen LogP contribution is 2.35. The van der Waals surface area contributed by atoms with Gasteiger partial charge in [-0.3, -0.25) is 14.1 Å². The van der Waals surface area contributed by atoms with Gasteiger partial charge in [0, 0.05) is 30.2 Å². The lowest BCUT2D eigenvalue weighted by Gasteiger charge is -2.42. The number of aromatic amines is 1. The zero-order valence-corrected chi connectivity index (χ0v) is 13.0. The second-order valence-electron chi connectivity index (χ2n) is 6.73. The van der Waals surface area contributed by atoms with Crippen LogP contribution < -0.4 is 5.56 Å². The van der Waals surface area contributed by atoms with E-state index in [4.69, 9.17) is 0 Å². The Bertz CT molecular complexity index is 698. The average Bonchev–Trinajstić information content (AvgIpc) is 3.05. The summed E-state index contributed by atoms with van der Waals surface area (Å²) in [5, 5.41) is 0. The van der Waals surface area contributed by atoms with Crippen LogP contribution in [0.4, 0.5) is 0 Å². The number of fused-ring (bicyclic) bond motifs is 1. The molecule has 5 nitrogen and oxygen atoms in total. The molecule has 1 unspecified atom stereocenters. The van der Waals surface area contributed by atoms with Gasteiger partial charge in [0.1, 0.15) is 0 Å². The Balaban J connectivity index is 1.68. The van der Waals surface area contributed by atoms with E-state index in [2.05, 4.69) is 14.9 Å². The van der Waals surface area contributed by atoms with Crippen LogP contribution in [0.15, 0.2) is 23.3 Å². The summed E-state index contributed by atoms with van der Waals surface area (Å²) in [6.07, 6.45) is 13.8. The molecule has 1 saturated heterocycles. The molecule has 1 aliphatic heterocycles. The van der Waals surface area contributed by atoms with Crippen LogP contribution in [0, 0.1) is 0 Å². The Kier molecular flexibility index (Phi) is 3.74. The van der Waals surface area contributed by atoms with Crippen molar-refractivity contribution in [3.63, 3.8) is 0 Å². The number of nitrogens with zero attached hydrogens (tertiary/aromatic N) is 3. The molecule has 1 saturated carbocycles. The fourth-order valence-electron chi connectivity index (χ4n) is 4.26. The number of aromatic nitrogens is 3. The van der Waals surface area contributed by atoms with Crippen molar-refractivity contribution in [2.45, 2.75) is 63.5 Å². The maximum Gasteiger partial charge on any atom is 0.259 e. The summed E-state index contributed by atoms with van der Waals surface area (Å²) in [4.78, 5) is 22.6. The monoisotopic (exact) mass is 300 g/mol. The third-order valence-corrected chi connectivity index (χ3v) is 5.36. The van der Waals surface area contributed by atoms with E-state index in [-0.39, 0.29) is 5.56 Å². The van der Waals surface area contributed by atoms with Crippen LogP contribution in [0.2, 0.25) is 0 Å². The molecule has 2 aliphatic rings. The minimum atomic E-state index is 0.0235. The van der Waals surface area contributed by atoms with Gasteiger partial charge < -0.3 is 4.98 Å². The minimum Gasteiger partial charge on any atom is -0.327 e. The highest BCUT2D eigenvalue weighted by Gasteiger charge is 2.31. The molecule has 3 heterocycles. The summed E-state index contributed by atoms with van der Waals surface area (Å²) in [6, 6.07) is 2.82. The molecule has 0 bridgehead atoms. The first-order chi connectivity index (χ1) is 10.8. The van der Waals surface area contributed by atoms with Gasteiger partial charge in [-0.1, -0.05) is 25.7 Å². The van der Waals surface area contributed by atoms with Gasteiger partial charge in [-0.15, -0.1) is 0 Å². The van der Waals surface area contributed by atoms with Crippen LogP contribution in [0.3, 0.4) is 0 Å². The first-order valence-corrected chi connectivity index (χ1v) is 8.65. The molecule has 1 aliphatic carbocycles. The van der Waals surface area contributed by atoms with Gasteiger partial charge in [0.2, 0.25) is 5.78 Å². The summed E-state index contributed by atoms with van der Waals surface area (Å²) in [5.74, 6) is 0.664. The van der Waals surface area contributed by atoms with Crippen molar-refractivity contribution in [1.29, 1.82) is 0 Å². The van der Waals surface area contributed by atoms with Gasteiger partial charge in [-0.2, -0.15) is 0 Å². The number of hydrogen-bond acceptors (Lipinski definition) is 3. The van der Waals surface area contributed by atoms with Crippen LogP contribution in [0.1, 0.15) is 63.1 Å². The fraction of sp³-hybridized carbons (Fsp3) is 0.647. The van der Waals surface area contributed by atoms with Crippen molar-refractivity contribution in [2.75, 3.05) is 6.54 Å². The molecule has 22 heavy (non-hydrogen) atoms. The van der Waals surface area contributed by atoms with Gasteiger partial charge in [0.05, 0.1) is 6.04 Å². The fourth-order valence-corrected chi connectivity index (χ4v) is 4.26. The molecule has 2 fully saturated rings. The normalized spacial score (nSPS) is 24.8. The van der Waals surface area contributed by atoms with Crippen molar-refractivity contribution in [2.24, 2.45) is 0 Å². The highest BCUT2D eigenvalue weighted by molar-refractivity contribution is 5.30. The average molecular weight is 300 g/mol. The number of hydrogen-bond donors (Lipinski definition) is 1. The smallest absolute Gasteiger partial charge is 0.259 e. The molecule has 1 N–H and O–H groups in total. The standard InChI is InChI=1S/C17H24N4O/c22-16-12-14(19-17-18-9-11-21(16)17)15-8-4-5-10-20(15)13-6-2-1-3-7-13/h9,11-13,15H,1-8,10H2,(H,18,19). The summed E-state index contributed by atoms with van der Waals surface area (Å²) < 4.78 is 1.58. The summed E-state index contributed by atoms with van der Waals surface area (Å²) in [7, 11) is 0. The number of piperidine rings is 1. The molecule has 0 radical (unpaired) electrons. The first kappa shape index (κ1) is 14.0. The number of H-pyrrole nitrogens is 1. The highest BCUT2D eigenvalue weighted by atomic mass is 16.1. The number of likely N-dealkylation sites (tertiary alicyclic amines) is 1. The van der Waals surface area contributed by atoms with E-state index in [1.54, 1.807) is 22.9 Å². The minimum absolute atomic E-state index is 0.0235. The number of nitrogens with one attached hydrogen (secondary N) is 1. The van der Waals surface area contributed by atoms with Crippen molar-refractivity contribution in [3.05, 3.63) is 34.5 Å². The van der Waals surface area contributed by atoms with Crippen LogP contribution in [-0.4, -0.2) is 31.9 Å². The van der Waals surface area contributed by atoms with E-state index in [9.17, 15) is 4.79 Å². The van der Waals surface area contributed by atoms with Gasteiger partial charge >= 0.3 is 0 Å². The van der Waals surface area contributed by atoms with Gasteiger partial charge in [-0.25, -0.2) is 4.98 Å². The summed E-state index contributed by atoms with van der Waals surface area (Å²) in [5.41, 5.74) is 1.07. The van der Waals surface area contributed by atoms with Crippen LogP contribution in [0.25, 0.3) is 5.78 Å². The molecule has 2 aromatic heterocycles. The molecule has 2 aromatic rings. The van der Waals surface area contributed by atoms with Crippen LogP contribution in [0.5, 0.6) is 0 Å². The van der Waals surface area contributed by atoms with E-state index in [0.717, 1.165) is 18.7 Å². The Morgan fingerprint density at radius 1 is 1.09 bits per heavy atom. The Morgan fingerprint density at radius 2 is 1.91 bits per heavy atom. The lowest BCUT2D eigenvalue weighted by molar-refractivity contribution is 0.0700. The number of rotatable bonds is 2. The molecule has 0 aromatic carbocycles. The predicted molar refractivity (Wildman–Crippen MR) is 86.0 cm³/mol. The van der Waals surface area contributed by atoms with E-state index in [1.807, 2.05) is 0 Å². The van der Waals surface area contributed by atoms with E-state index in [0.29, 0.717) is 17.9 Å². The van der Waals surface area contributed by atoms with Crippen molar-refractivity contribution in [3.8, 4) is 0 Å². The van der Waals surface area contributed by atoms with E-state index >= 15 is 0 Å². The summed E-state index contributed by atoms with van der Waals surface area (Å²) in [6.45, 7) is 1.16. The zero-order chi connectivity index (χ0) is 14.9. The molecule has 5 heteroatoms. The maximum atomic E-state index is 12.3. The van der Waals surface area contributed by atoms with Crippen LogP contribution >= 0.6 is 0 Å². The number of imidazole rings is 1. The molecule has 118 valence electrons. The SMILES string of the molecule is O=c1cc(C2CCCCN2C2CCCCC2)[nH]c2nccn12. The van der Waals surface area contributed by atoms with Crippen LogP contribution in [-0.2, 0) is 0 Å². The Hall–Kier alpha value is -1.62. The molecular formula is C17H24N4O. The molecule has 4 rings (SSSR count). The largest absolute Gasteiger partial charge is 0.327 e. The second-order valence-corrected chi connectivity index (χ2v) is 6.73. The summed E-state index contributed by atoms with van der Waals surface area (Å²) >= 11 is 0. The third kappa shape index (κ3) is 2.47. The van der Waals surface area contributed by atoms with Crippen molar-refractivity contribution in [1.82, 2.24) is 19.3 Å². The molecule has 1 atom stereocenters. The third-order valence-electron chi connectivity index (χ3n) is 5.36. The predicted octanol–water partition coefficient (Wildman–Crippen LogP) is 2.88. The Morgan fingerprint density at radius 3 is 2.77 bits per heavy atom. The van der Waals surface area contributed by atoms with E-state index < -0.39 is 0 Å².